The molecule has 0 fully saturated rings. The fourth-order valence-corrected chi connectivity index (χ4v) is 1.87. The second-order valence-corrected chi connectivity index (χ2v) is 3.87. The predicted molar refractivity (Wildman–Crippen MR) is 63.0 cm³/mol. The van der Waals surface area contributed by atoms with Gasteiger partial charge in [0.2, 0.25) is 0 Å². The summed E-state index contributed by atoms with van der Waals surface area (Å²) in [6.07, 6.45) is 1.96. The standard InChI is InChI=1S/C11H15NO2S/c1-12-7-9(13)8-4-5-10(14-2)11(6-8)15-3/h4-6,12H,7H2,1-3H3. The third-order valence-corrected chi connectivity index (χ3v) is 2.80. The zero-order valence-electron chi connectivity index (χ0n) is 9.16. The van der Waals surface area contributed by atoms with Crippen molar-refractivity contribution in [2.45, 2.75) is 4.90 Å². The molecule has 0 heterocycles. The molecule has 0 aliphatic rings. The minimum atomic E-state index is 0.0930. The van der Waals surface area contributed by atoms with Crippen LogP contribution in [0.1, 0.15) is 10.4 Å². The molecule has 0 amide bonds. The molecule has 0 aromatic heterocycles. The molecule has 3 nitrogen and oxygen atoms in total. The lowest BCUT2D eigenvalue weighted by Gasteiger charge is -2.07. The topological polar surface area (TPSA) is 38.3 Å². The first-order chi connectivity index (χ1) is 7.22. The Morgan fingerprint density at radius 3 is 2.80 bits per heavy atom. The van der Waals surface area contributed by atoms with E-state index >= 15 is 0 Å². The van der Waals surface area contributed by atoms with Crippen LogP contribution >= 0.6 is 11.8 Å². The highest BCUT2D eigenvalue weighted by molar-refractivity contribution is 7.98. The van der Waals surface area contributed by atoms with Gasteiger partial charge in [0.05, 0.1) is 13.7 Å². The lowest BCUT2D eigenvalue weighted by Crippen LogP contribution is -2.18. The van der Waals surface area contributed by atoms with E-state index in [9.17, 15) is 4.79 Å². The Labute approximate surface area is 94.2 Å². The number of carbonyl (C=O) groups excluding carboxylic acids is 1. The van der Waals surface area contributed by atoms with Gasteiger partial charge in [-0.2, -0.15) is 0 Å². The van der Waals surface area contributed by atoms with Crippen LogP contribution in [0.4, 0.5) is 0 Å². The molecule has 0 bridgehead atoms. The molecule has 0 aliphatic carbocycles. The number of rotatable bonds is 5. The lowest BCUT2D eigenvalue weighted by atomic mass is 10.1. The number of ketones is 1. The van der Waals surface area contributed by atoms with Crippen molar-refractivity contribution in [1.29, 1.82) is 0 Å². The molecule has 0 saturated heterocycles. The fourth-order valence-electron chi connectivity index (χ4n) is 1.27. The van der Waals surface area contributed by atoms with E-state index in [1.165, 1.54) is 0 Å². The van der Waals surface area contributed by atoms with Gasteiger partial charge >= 0.3 is 0 Å². The number of likely N-dealkylation sites (N-methyl/N-ethyl adjacent to an activating group) is 1. The first kappa shape index (κ1) is 12.1. The molecule has 0 unspecified atom stereocenters. The number of nitrogens with one attached hydrogen (secondary N) is 1. The van der Waals surface area contributed by atoms with Gasteiger partial charge in [0.1, 0.15) is 5.75 Å². The van der Waals surface area contributed by atoms with Crippen molar-refractivity contribution in [2.75, 3.05) is 27.0 Å². The van der Waals surface area contributed by atoms with Gasteiger partial charge in [-0.05, 0) is 31.5 Å². The quantitative estimate of drug-likeness (QED) is 0.613. The molecule has 1 aromatic rings. The highest BCUT2D eigenvalue weighted by atomic mass is 32.2. The zero-order valence-corrected chi connectivity index (χ0v) is 9.98. The number of carbonyl (C=O) groups is 1. The smallest absolute Gasteiger partial charge is 0.176 e. The molecule has 1 aromatic carbocycles. The van der Waals surface area contributed by atoms with E-state index in [-0.39, 0.29) is 5.78 Å². The summed E-state index contributed by atoms with van der Waals surface area (Å²) in [6.45, 7) is 0.361. The minimum absolute atomic E-state index is 0.0930. The van der Waals surface area contributed by atoms with E-state index < -0.39 is 0 Å². The predicted octanol–water partition coefficient (Wildman–Crippen LogP) is 1.82. The van der Waals surface area contributed by atoms with Crippen molar-refractivity contribution < 1.29 is 9.53 Å². The number of methoxy groups -OCH3 is 1. The van der Waals surface area contributed by atoms with Gasteiger partial charge in [-0.15, -0.1) is 11.8 Å². The fraction of sp³-hybridized carbons (Fsp3) is 0.364. The molecule has 0 saturated carbocycles. The maximum absolute atomic E-state index is 11.6. The van der Waals surface area contributed by atoms with Crippen LogP contribution in [0.25, 0.3) is 0 Å². The van der Waals surface area contributed by atoms with Gasteiger partial charge in [-0.1, -0.05) is 0 Å². The molecule has 0 spiro atoms. The minimum Gasteiger partial charge on any atom is -0.496 e. The Morgan fingerprint density at radius 1 is 1.53 bits per heavy atom. The van der Waals surface area contributed by atoms with Crippen LogP contribution in [0, 0.1) is 0 Å². The van der Waals surface area contributed by atoms with Crippen molar-refractivity contribution in [3.05, 3.63) is 23.8 Å². The third kappa shape index (κ3) is 2.97. The van der Waals surface area contributed by atoms with E-state index in [4.69, 9.17) is 4.74 Å². The van der Waals surface area contributed by atoms with Crippen LogP contribution in [0.15, 0.2) is 23.1 Å². The van der Waals surface area contributed by atoms with Crippen molar-refractivity contribution >= 4 is 17.5 Å². The number of benzene rings is 1. The Hall–Kier alpha value is -1.00. The Bertz CT molecular complexity index is 352. The van der Waals surface area contributed by atoms with Crippen LogP contribution in [0.2, 0.25) is 0 Å². The first-order valence-corrected chi connectivity index (χ1v) is 5.85. The molecule has 15 heavy (non-hydrogen) atoms. The maximum atomic E-state index is 11.6. The van der Waals surface area contributed by atoms with Gasteiger partial charge in [-0.3, -0.25) is 4.79 Å². The summed E-state index contributed by atoms with van der Waals surface area (Å²) in [6, 6.07) is 5.48. The monoisotopic (exact) mass is 225 g/mol. The van der Waals surface area contributed by atoms with E-state index in [0.29, 0.717) is 6.54 Å². The summed E-state index contributed by atoms with van der Waals surface area (Å²) < 4.78 is 5.18. The van der Waals surface area contributed by atoms with E-state index in [1.807, 2.05) is 18.4 Å². The average Bonchev–Trinajstić information content (AvgIpc) is 2.28. The molecule has 1 N–H and O–H groups in total. The number of hydrogen-bond donors (Lipinski definition) is 1. The number of Topliss-reactive ketones (excluding diaryl/α,β-unsaturated/α-hetero) is 1. The van der Waals surface area contributed by atoms with Crippen LogP contribution < -0.4 is 10.1 Å². The lowest BCUT2D eigenvalue weighted by molar-refractivity contribution is 0.0993. The highest BCUT2D eigenvalue weighted by Crippen LogP contribution is 2.28. The summed E-state index contributed by atoms with van der Waals surface area (Å²) in [5.41, 5.74) is 0.717. The van der Waals surface area contributed by atoms with Crippen molar-refractivity contribution in [3.63, 3.8) is 0 Å². The second-order valence-electron chi connectivity index (χ2n) is 3.02. The van der Waals surface area contributed by atoms with Crippen molar-refractivity contribution in [3.8, 4) is 5.75 Å². The SMILES string of the molecule is CNCC(=O)c1ccc(OC)c(SC)c1. The molecule has 82 valence electrons. The van der Waals surface area contributed by atoms with E-state index in [1.54, 1.807) is 32.0 Å². The van der Waals surface area contributed by atoms with Crippen LogP contribution in [0.5, 0.6) is 5.75 Å². The van der Waals surface area contributed by atoms with Crippen molar-refractivity contribution in [2.24, 2.45) is 0 Å². The van der Waals surface area contributed by atoms with E-state index in [2.05, 4.69) is 5.32 Å². The molecule has 4 heteroatoms. The van der Waals surface area contributed by atoms with Gasteiger partial charge in [0.15, 0.2) is 5.78 Å². The molecule has 0 atom stereocenters. The third-order valence-electron chi connectivity index (χ3n) is 2.04. The molecule has 0 aliphatic heterocycles. The zero-order chi connectivity index (χ0) is 11.3. The van der Waals surface area contributed by atoms with Gasteiger partial charge in [-0.25, -0.2) is 0 Å². The molecular weight excluding hydrogens is 210 g/mol. The largest absolute Gasteiger partial charge is 0.496 e. The van der Waals surface area contributed by atoms with Gasteiger partial charge in [0.25, 0.3) is 0 Å². The van der Waals surface area contributed by atoms with Crippen LogP contribution in [-0.4, -0.2) is 32.7 Å². The average molecular weight is 225 g/mol. The summed E-state index contributed by atoms with van der Waals surface area (Å²) in [5, 5.41) is 2.84. The Kier molecular flexibility index (Phi) is 4.65. The summed E-state index contributed by atoms with van der Waals surface area (Å²) in [4.78, 5) is 12.6. The summed E-state index contributed by atoms with van der Waals surface area (Å²) >= 11 is 1.57. The van der Waals surface area contributed by atoms with Crippen LogP contribution in [-0.2, 0) is 0 Å². The first-order valence-electron chi connectivity index (χ1n) is 4.62. The summed E-state index contributed by atoms with van der Waals surface area (Å²) in [5.74, 6) is 0.902. The summed E-state index contributed by atoms with van der Waals surface area (Å²) in [7, 11) is 3.39. The maximum Gasteiger partial charge on any atom is 0.176 e. The normalized spacial score (nSPS) is 10.1. The van der Waals surface area contributed by atoms with Crippen LogP contribution in [0.3, 0.4) is 0 Å². The number of thioether (sulfide) groups is 1. The van der Waals surface area contributed by atoms with Crippen molar-refractivity contribution in [1.82, 2.24) is 5.32 Å². The van der Waals surface area contributed by atoms with Gasteiger partial charge < -0.3 is 10.1 Å². The van der Waals surface area contributed by atoms with E-state index in [0.717, 1.165) is 16.2 Å². The number of hydrogen-bond acceptors (Lipinski definition) is 4. The Morgan fingerprint density at radius 2 is 2.27 bits per heavy atom. The molecular formula is C11H15NO2S. The number of ether oxygens (including phenoxy) is 1. The second kappa shape index (κ2) is 5.78. The highest BCUT2D eigenvalue weighted by Gasteiger charge is 2.08. The molecule has 0 radical (unpaired) electrons. The van der Waals surface area contributed by atoms with Gasteiger partial charge in [0, 0.05) is 10.5 Å². The Balaban J connectivity index is 2.97. The molecule has 1 rings (SSSR count).